The molecule has 40 heavy (non-hydrogen) atoms. The summed E-state index contributed by atoms with van der Waals surface area (Å²) in [6.07, 6.45) is 4.53. The van der Waals surface area contributed by atoms with Crippen LogP contribution in [0.25, 0.3) is 22.0 Å². The number of aromatic amines is 1. The summed E-state index contributed by atoms with van der Waals surface area (Å²) in [5, 5.41) is 12.0. The third-order valence-corrected chi connectivity index (χ3v) is 7.47. The van der Waals surface area contributed by atoms with E-state index in [1.165, 1.54) is 5.69 Å². The number of aromatic nitrogens is 6. The Morgan fingerprint density at radius 2 is 1.88 bits per heavy atom. The van der Waals surface area contributed by atoms with Gasteiger partial charge >= 0.3 is 0 Å². The van der Waals surface area contributed by atoms with Crippen LogP contribution in [0.1, 0.15) is 29.5 Å². The smallest absolute Gasteiger partial charge is 0.259 e. The van der Waals surface area contributed by atoms with Crippen molar-refractivity contribution in [3.63, 3.8) is 0 Å². The van der Waals surface area contributed by atoms with Gasteiger partial charge in [0.05, 0.1) is 59.0 Å². The number of ether oxygens (including phenoxy) is 1. The quantitative estimate of drug-likeness (QED) is 0.296. The van der Waals surface area contributed by atoms with Crippen molar-refractivity contribution in [2.75, 3.05) is 35.8 Å². The fraction of sp³-hybridized carbons (Fsp3) is 0.276. The molecule has 4 aromatic heterocycles. The zero-order chi connectivity index (χ0) is 27.4. The SMILES string of the molecule is Cc1cc(C)nc(Nc2cc(Nc3cccc4c3N(C)Cc3c-4cnn3C3CCOC3)c3c(=O)[nH]ccc3n2)n1. The molecule has 1 saturated heterocycles. The average molecular weight is 536 g/mol. The van der Waals surface area contributed by atoms with Gasteiger partial charge in [0.2, 0.25) is 5.95 Å². The normalized spacial score (nSPS) is 16.2. The van der Waals surface area contributed by atoms with Crippen LogP contribution in [0.4, 0.5) is 28.8 Å². The van der Waals surface area contributed by atoms with Crippen molar-refractivity contribution in [3.8, 4) is 11.1 Å². The van der Waals surface area contributed by atoms with Crippen LogP contribution >= 0.6 is 0 Å². The van der Waals surface area contributed by atoms with Crippen LogP contribution in [0.2, 0.25) is 0 Å². The van der Waals surface area contributed by atoms with Crippen molar-refractivity contribution in [1.82, 2.24) is 29.7 Å². The van der Waals surface area contributed by atoms with E-state index in [2.05, 4.69) is 53.3 Å². The lowest BCUT2D eigenvalue weighted by Gasteiger charge is -2.31. The average Bonchev–Trinajstić information content (AvgIpc) is 3.58. The van der Waals surface area contributed by atoms with E-state index in [0.717, 1.165) is 46.9 Å². The molecule has 2 aliphatic heterocycles. The Hall–Kier alpha value is -4.77. The number of nitrogens with zero attached hydrogens (tertiary/aromatic N) is 6. The maximum absolute atomic E-state index is 13.0. The highest BCUT2D eigenvalue weighted by atomic mass is 16.5. The van der Waals surface area contributed by atoms with Crippen LogP contribution in [-0.4, -0.2) is 50.0 Å². The first-order valence-electron chi connectivity index (χ1n) is 13.3. The molecule has 5 aromatic rings. The number of pyridine rings is 2. The molecule has 3 N–H and O–H groups in total. The van der Waals surface area contributed by atoms with Gasteiger partial charge in [-0.15, -0.1) is 0 Å². The van der Waals surface area contributed by atoms with Crippen LogP contribution < -0.4 is 21.1 Å². The molecule has 2 aliphatic rings. The summed E-state index contributed by atoms with van der Waals surface area (Å²) in [5.74, 6) is 0.986. The lowest BCUT2D eigenvalue weighted by atomic mass is 9.97. The Balaban J connectivity index is 1.31. The monoisotopic (exact) mass is 535 g/mol. The third-order valence-electron chi connectivity index (χ3n) is 7.47. The zero-order valence-electron chi connectivity index (χ0n) is 22.5. The highest BCUT2D eigenvalue weighted by Gasteiger charge is 2.30. The van der Waals surface area contributed by atoms with Crippen molar-refractivity contribution in [1.29, 1.82) is 0 Å². The Bertz CT molecular complexity index is 1800. The number of rotatable bonds is 5. The fourth-order valence-electron chi connectivity index (χ4n) is 5.77. The van der Waals surface area contributed by atoms with E-state index >= 15 is 0 Å². The summed E-state index contributed by atoms with van der Waals surface area (Å²) in [7, 11) is 2.08. The van der Waals surface area contributed by atoms with E-state index in [9.17, 15) is 4.79 Å². The standard InChI is InChI=1S/C29H29N9O2/c1-16-11-17(2)33-29(32-16)36-25-12-23(26-21(35-25)7-9-30-28(26)39)34-22-6-4-5-19-20-13-31-38(18-8-10-40-15-18)24(20)14-37(3)27(19)22/h4-7,9,11-13,18H,8,10,14-15H2,1-3H3,(H,30,39)(H2,32,33,34,35,36). The number of hydrogen-bond donors (Lipinski definition) is 3. The molecule has 202 valence electrons. The molecule has 1 unspecified atom stereocenters. The number of aryl methyl sites for hydroxylation is 2. The second kappa shape index (κ2) is 9.45. The largest absolute Gasteiger partial charge is 0.379 e. The van der Waals surface area contributed by atoms with Crippen molar-refractivity contribution < 1.29 is 4.74 Å². The van der Waals surface area contributed by atoms with Gasteiger partial charge in [0, 0.05) is 48.4 Å². The molecule has 6 heterocycles. The van der Waals surface area contributed by atoms with Crippen molar-refractivity contribution >= 4 is 39.7 Å². The second-order valence-corrected chi connectivity index (χ2v) is 10.4. The van der Waals surface area contributed by atoms with Gasteiger partial charge in [0.25, 0.3) is 5.56 Å². The van der Waals surface area contributed by atoms with E-state index in [-0.39, 0.29) is 11.6 Å². The highest BCUT2D eigenvalue weighted by Crippen LogP contribution is 2.45. The molecule has 0 bridgehead atoms. The lowest BCUT2D eigenvalue weighted by Crippen LogP contribution is -2.26. The molecule has 11 heteroatoms. The molecule has 1 fully saturated rings. The number of H-pyrrole nitrogens is 1. The molecule has 1 atom stereocenters. The first-order valence-corrected chi connectivity index (χ1v) is 13.3. The maximum atomic E-state index is 13.0. The number of para-hydroxylation sites is 1. The number of benzene rings is 1. The maximum Gasteiger partial charge on any atom is 0.259 e. The van der Waals surface area contributed by atoms with Crippen LogP contribution in [0.5, 0.6) is 0 Å². The first-order chi connectivity index (χ1) is 19.4. The van der Waals surface area contributed by atoms with Gasteiger partial charge < -0.3 is 25.3 Å². The van der Waals surface area contributed by atoms with Gasteiger partial charge in [-0.3, -0.25) is 9.48 Å². The molecule has 7 rings (SSSR count). The van der Waals surface area contributed by atoms with Crippen LogP contribution in [0.3, 0.4) is 0 Å². The number of nitrogens with one attached hydrogen (secondary N) is 3. The summed E-state index contributed by atoms with van der Waals surface area (Å²) in [6, 6.07) is 12.0. The van der Waals surface area contributed by atoms with Crippen LogP contribution in [-0.2, 0) is 11.3 Å². The van der Waals surface area contributed by atoms with Crippen molar-refractivity contribution in [3.05, 3.63) is 76.2 Å². The Labute approximate surface area is 230 Å². The summed E-state index contributed by atoms with van der Waals surface area (Å²) in [5.41, 5.74) is 8.00. The second-order valence-electron chi connectivity index (χ2n) is 10.4. The predicted octanol–water partition coefficient (Wildman–Crippen LogP) is 4.59. The lowest BCUT2D eigenvalue weighted by molar-refractivity contribution is 0.184. The molecule has 0 radical (unpaired) electrons. The molecular weight excluding hydrogens is 506 g/mol. The minimum absolute atomic E-state index is 0.220. The van der Waals surface area contributed by atoms with E-state index in [0.29, 0.717) is 41.5 Å². The molecule has 0 saturated carbocycles. The molecule has 1 aromatic carbocycles. The predicted molar refractivity (Wildman–Crippen MR) is 155 cm³/mol. The van der Waals surface area contributed by atoms with Gasteiger partial charge in [0.15, 0.2) is 0 Å². The summed E-state index contributed by atoms with van der Waals surface area (Å²) < 4.78 is 7.76. The topological polar surface area (TPSA) is 126 Å². The Kier molecular flexibility index (Phi) is 5.74. The Morgan fingerprint density at radius 3 is 2.67 bits per heavy atom. The highest BCUT2D eigenvalue weighted by molar-refractivity contribution is 5.98. The van der Waals surface area contributed by atoms with E-state index in [1.807, 2.05) is 44.3 Å². The van der Waals surface area contributed by atoms with Gasteiger partial charge in [-0.2, -0.15) is 5.10 Å². The van der Waals surface area contributed by atoms with Gasteiger partial charge in [-0.1, -0.05) is 12.1 Å². The molecule has 0 spiro atoms. The van der Waals surface area contributed by atoms with Crippen molar-refractivity contribution in [2.45, 2.75) is 32.9 Å². The van der Waals surface area contributed by atoms with Gasteiger partial charge in [-0.05, 0) is 38.5 Å². The minimum atomic E-state index is -0.220. The molecule has 0 aliphatic carbocycles. The van der Waals surface area contributed by atoms with Gasteiger partial charge in [0.1, 0.15) is 5.82 Å². The summed E-state index contributed by atoms with van der Waals surface area (Å²) in [4.78, 5) is 31.7. The first kappa shape index (κ1) is 24.3. The number of hydrogen-bond acceptors (Lipinski definition) is 9. The minimum Gasteiger partial charge on any atom is -0.379 e. The molecule has 0 amide bonds. The van der Waals surface area contributed by atoms with Crippen molar-refractivity contribution in [2.24, 2.45) is 0 Å². The number of anilines is 5. The van der Waals surface area contributed by atoms with E-state index < -0.39 is 0 Å². The molecular formula is C29H29N9O2. The molecule has 11 nitrogen and oxygen atoms in total. The third kappa shape index (κ3) is 4.15. The van der Waals surface area contributed by atoms with E-state index in [4.69, 9.17) is 9.84 Å². The summed E-state index contributed by atoms with van der Waals surface area (Å²) in [6.45, 7) is 6.02. The van der Waals surface area contributed by atoms with Crippen LogP contribution in [0, 0.1) is 13.8 Å². The van der Waals surface area contributed by atoms with E-state index in [1.54, 1.807) is 12.3 Å². The number of fused-ring (bicyclic) bond motifs is 4. The summed E-state index contributed by atoms with van der Waals surface area (Å²) >= 11 is 0. The van der Waals surface area contributed by atoms with Gasteiger partial charge in [-0.25, -0.2) is 15.0 Å². The zero-order valence-corrected chi connectivity index (χ0v) is 22.5. The Morgan fingerprint density at radius 1 is 1.02 bits per heavy atom. The van der Waals surface area contributed by atoms with Crippen LogP contribution in [0.15, 0.2) is 53.6 Å². The fourth-order valence-corrected chi connectivity index (χ4v) is 5.77.